The Hall–Kier alpha value is -2.09. The van der Waals surface area contributed by atoms with E-state index >= 15 is 0 Å². The molecule has 0 aliphatic rings. The van der Waals surface area contributed by atoms with Crippen molar-refractivity contribution < 1.29 is 27.2 Å². The molecule has 156 valence electrons. The number of ether oxygens (including phenoxy) is 2. The van der Waals surface area contributed by atoms with E-state index in [2.05, 4.69) is 17.1 Å². The molecule has 1 aromatic carbocycles. The lowest BCUT2D eigenvalue weighted by atomic mass is 10.0. The molecule has 28 heavy (non-hydrogen) atoms. The molecule has 8 heteroatoms. The first-order valence-corrected chi connectivity index (χ1v) is 9.53. The molecule has 0 radical (unpaired) electrons. The third-order valence-electron chi connectivity index (χ3n) is 4.40. The summed E-state index contributed by atoms with van der Waals surface area (Å²) in [6.07, 6.45) is -0.254. The minimum Gasteiger partial charge on any atom is -0.493 e. The highest BCUT2D eigenvalue weighted by atomic mass is 19.4. The van der Waals surface area contributed by atoms with E-state index in [-0.39, 0.29) is 29.7 Å². The van der Waals surface area contributed by atoms with E-state index in [4.69, 9.17) is 14.0 Å². The predicted molar refractivity (Wildman–Crippen MR) is 99.3 cm³/mol. The van der Waals surface area contributed by atoms with Gasteiger partial charge < -0.3 is 14.0 Å². The quantitative estimate of drug-likeness (QED) is 0.443. The average molecular weight is 400 g/mol. The van der Waals surface area contributed by atoms with Crippen LogP contribution < -0.4 is 4.74 Å². The van der Waals surface area contributed by atoms with Gasteiger partial charge in [-0.2, -0.15) is 18.2 Å². The van der Waals surface area contributed by atoms with Crippen LogP contribution in [0.15, 0.2) is 22.7 Å². The zero-order valence-electron chi connectivity index (χ0n) is 16.5. The van der Waals surface area contributed by atoms with E-state index in [1.807, 2.05) is 6.92 Å². The zero-order chi connectivity index (χ0) is 20.6. The Morgan fingerprint density at radius 2 is 1.89 bits per heavy atom. The maximum absolute atomic E-state index is 13.5. The van der Waals surface area contributed by atoms with Gasteiger partial charge >= 0.3 is 6.18 Å². The molecule has 0 aliphatic heterocycles. The Labute approximate surface area is 163 Å². The van der Waals surface area contributed by atoms with Crippen molar-refractivity contribution in [2.45, 2.75) is 58.0 Å². The first kappa shape index (κ1) is 22.2. The summed E-state index contributed by atoms with van der Waals surface area (Å²) in [6.45, 7) is 4.79. The third kappa shape index (κ3) is 6.22. The molecule has 1 atom stereocenters. The predicted octanol–water partition coefficient (Wildman–Crippen LogP) is 5.85. The Morgan fingerprint density at radius 3 is 2.57 bits per heavy atom. The largest absolute Gasteiger partial charge is 0.493 e. The van der Waals surface area contributed by atoms with Crippen LogP contribution in [0.25, 0.3) is 11.4 Å². The van der Waals surface area contributed by atoms with Crippen molar-refractivity contribution in [3.63, 3.8) is 0 Å². The number of nitrogens with zero attached hydrogens (tertiary/aromatic N) is 2. The van der Waals surface area contributed by atoms with Gasteiger partial charge in [0.1, 0.15) is 5.75 Å². The molecule has 1 aromatic heterocycles. The van der Waals surface area contributed by atoms with Crippen molar-refractivity contribution in [3.05, 3.63) is 29.7 Å². The number of methoxy groups -OCH3 is 1. The number of hydrogen-bond donors (Lipinski definition) is 0. The van der Waals surface area contributed by atoms with Crippen molar-refractivity contribution in [2.24, 2.45) is 0 Å². The van der Waals surface area contributed by atoms with Crippen molar-refractivity contribution in [1.29, 1.82) is 0 Å². The second-order valence-corrected chi connectivity index (χ2v) is 6.76. The number of rotatable bonds is 11. The fraction of sp³-hybridized carbons (Fsp3) is 0.600. The van der Waals surface area contributed by atoms with Gasteiger partial charge in [0.25, 0.3) is 0 Å². The zero-order valence-corrected chi connectivity index (χ0v) is 16.5. The van der Waals surface area contributed by atoms with Crippen LogP contribution in [-0.4, -0.2) is 30.5 Å². The molecule has 5 nitrogen and oxygen atoms in total. The summed E-state index contributed by atoms with van der Waals surface area (Å²) < 4.78 is 56.0. The van der Waals surface area contributed by atoms with E-state index < -0.39 is 11.7 Å². The molecule has 2 aromatic rings. The van der Waals surface area contributed by atoms with Crippen molar-refractivity contribution in [3.8, 4) is 17.1 Å². The second kappa shape index (κ2) is 10.5. The van der Waals surface area contributed by atoms with Gasteiger partial charge in [0.15, 0.2) is 0 Å². The van der Waals surface area contributed by atoms with E-state index in [9.17, 15) is 13.2 Å². The molecule has 0 bridgehead atoms. The number of alkyl halides is 3. The highest BCUT2D eigenvalue weighted by molar-refractivity contribution is 5.59. The van der Waals surface area contributed by atoms with Gasteiger partial charge in [0, 0.05) is 25.2 Å². The monoisotopic (exact) mass is 400 g/mol. The Kier molecular flexibility index (Phi) is 8.29. The van der Waals surface area contributed by atoms with Gasteiger partial charge in [-0.05, 0) is 37.5 Å². The molecule has 0 aliphatic carbocycles. The fourth-order valence-corrected chi connectivity index (χ4v) is 2.73. The van der Waals surface area contributed by atoms with Crippen LogP contribution in [0, 0.1) is 0 Å². The van der Waals surface area contributed by atoms with Crippen LogP contribution in [0.1, 0.15) is 63.3 Å². The van der Waals surface area contributed by atoms with Gasteiger partial charge in [0.05, 0.1) is 12.2 Å². The molecule has 0 amide bonds. The third-order valence-corrected chi connectivity index (χ3v) is 4.40. The molecule has 0 saturated carbocycles. The van der Waals surface area contributed by atoms with Crippen molar-refractivity contribution in [1.82, 2.24) is 10.1 Å². The lowest BCUT2D eigenvalue weighted by Gasteiger charge is -2.14. The minimum absolute atomic E-state index is 0.0676. The summed E-state index contributed by atoms with van der Waals surface area (Å²) in [4.78, 5) is 4.28. The number of unbranched alkanes of at least 4 members (excludes halogenated alkanes) is 2. The van der Waals surface area contributed by atoms with Gasteiger partial charge in [-0.25, -0.2) is 0 Å². The normalized spacial score (nSPS) is 12.9. The first-order chi connectivity index (χ1) is 13.4. The summed E-state index contributed by atoms with van der Waals surface area (Å²) in [5, 5.41) is 3.86. The first-order valence-electron chi connectivity index (χ1n) is 9.53. The molecular formula is C20H27F3N2O3. The smallest absolute Gasteiger partial charge is 0.419 e. The maximum atomic E-state index is 13.5. The molecule has 0 spiro atoms. The van der Waals surface area contributed by atoms with E-state index in [0.717, 1.165) is 31.7 Å². The van der Waals surface area contributed by atoms with Crippen molar-refractivity contribution >= 4 is 0 Å². The number of benzene rings is 1. The van der Waals surface area contributed by atoms with Crippen LogP contribution in [0.3, 0.4) is 0 Å². The molecule has 0 fully saturated rings. The van der Waals surface area contributed by atoms with Gasteiger partial charge in [-0.3, -0.25) is 0 Å². The summed E-state index contributed by atoms with van der Waals surface area (Å²) >= 11 is 0. The van der Waals surface area contributed by atoms with Crippen molar-refractivity contribution in [2.75, 3.05) is 20.3 Å². The summed E-state index contributed by atoms with van der Waals surface area (Å²) in [5.74, 6) is 0.456. The van der Waals surface area contributed by atoms with E-state index in [0.29, 0.717) is 18.9 Å². The van der Waals surface area contributed by atoms with E-state index in [1.54, 1.807) is 7.11 Å². The fourth-order valence-electron chi connectivity index (χ4n) is 2.73. The lowest BCUT2D eigenvalue weighted by Crippen LogP contribution is -2.10. The summed E-state index contributed by atoms with van der Waals surface area (Å²) in [6, 6.07) is 3.84. The molecule has 0 saturated heterocycles. The highest BCUT2D eigenvalue weighted by Gasteiger charge is 2.35. The number of aromatic nitrogens is 2. The van der Waals surface area contributed by atoms with Gasteiger partial charge in [-0.15, -0.1) is 0 Å². The Bertz CT molecular complexity index is 732. The van der Waals surface area contributed by atoms with Gasteiger partial charge in [0.2, 0.25) is 11.7 Å². The molecular weight excluding hydrogens is 373 g/mol. The van der Waals surface area contributed by atoms with Crippen LogP contribution in [-0.2, 0) is 10.9 Å². The second-order valence-electron chi connectivity index (χ2n) is 6.76. The van der Waals surface area contributed by atoms with E-state index in [1.165, 1.54) is 12.1 Å². The number of hydrogen-bond acceptors (Lipinski definition) is 5. The molecule has 0 N–H and O–H groups in total. The number of halogens is 3. The van der Waals surface area contributed by atoms with Crippen LogP contribution >= 0.6 is 0 Å². The Morgan fingerprint density at radius 1 is 1.14 bits per heavy atom. The Balaban J connectivity index is 2.17. The van der Waals surface area contributed by atoms with Gasteiger partial charge in [-0.1, -0.05) is 31.8 Å². The molecule has 2 rings (SSSR count). The van der Waals surface area contributed by atoms with Crippen LogP contribution in [0.2, 0.25) is 0 Å². The molecule has 0 unspecified atom stereocenters. The average Bonchev–Trinajstić information content (AvgIpc) is 3.15. The molecule has 1 heterocycles. The minimum atomic E-state index is -4.54. The maximum Gasteiger partial charge on any atom is 0.419 e. The lowest BCUT2D eigenvalue weighted by molar-refractivity contribution is -0.138. The van der Waals surface area contributed by atoms with Crippen LogP contribution in [0.5, 0.6) is 5.75 Å². The topological polar surface area (TPSA) is 57.4 Å². The standard InChI is InChI=1S/C20H27F3N2O3/c1-4-5-8-14(2)19-24-18(25-28-19)15-9-10-17(16(13-15)20(21,22)23)27-12-7-6-11-26-3/h9-10,13-14H,4-8,11-12H2,1-3H3/t14-/m0/s1. The highest BCUT2D eigenvalue weighted by Crippen LogP contribution is 2.38. The SMILES string of the molecule is CCCC[C@H](C)c1nc(-c2ccc(OCCCCOC)c(C(F)(F)F)c2)no1. The summed E-state index contributed by atoms with van der Waals surface area (Å²) in [7, 11) is 1.58. The van der Waals surface area contributed by atoms with Crippen LogP contribution in [0.4, 0.5) is 13.2 Å². The summed E-state index contributed by atoms with van der Waals surface area (Å²) in [5.41, 5.74) is -0.598.